The molecule has 22 heavy (non-hydrogen) atoms. The van der Waals surface area contributed by atoms with E-state index in [1.54, 1.807) is 0 Å². The Morgan fingerprint density at radius 1 is 0.818 bits per heavy atom. The fourth-order valence-electron chi connectivity index (χ4n) is 1.17. The second-order valence-electron chi connectivity index (χ2n) is 3.94. The Hall–Kier alpha value is -0.880. The molecule has 15 heteroatoms. The molecule has 0 aliphatic heterocycles. The van der Waals surface area contributed by atoms with E-state index in [-0.39, 0.29) is 0 Å². The Bertz CT molecular complexity index is 449. The second-order valence-corrected chi connectivity index (χ2v) is 5.52. The summed E-state index contributed by atoms with van der Waals surface area (Å²) >= 11 is 0. The van der Waals surface area contributed by atoms with E-state index in [2.05, 4.69) is 0 Å². The van der Waals surface area contributed by atoms with Crippen molar-refractivity contribution in [3.8, 4) is 0 Å². The zero-order valence-electron chi connectivity index (χ0n) is 9.72. The third-order valence-corrected chi connectivity index (χ3v) is 3.17. The third kappa shape index (κ3) is 4.10. The van der Waals surface area contributed by atoms with Gasteiger partial charge in [-0.05, 0) is 0 Å². The summed E-state index contributed by atoms with van der Waals surface area (Å²) in [5, 5.41) is 0. The van der Waals surface area contributed by atoms with Gasteiger partial charge < -0.3 is 9.79 Å². The monoisotopic (exact) mass is 374 g/mol. The number of hydrogen-bond acceptors (Lipinski definition) is 2. The average Bonchev–Trinajstić information content (AvgIpc) is 2.19. The van der Waals surface area contributed by atoms with Crippen LogP contribution >= 0.6 is 7.60 Å². The molecule has 0 atom stereocenters. The molecule has 0 aliphatic rings. The minimum absolute atomic E-state index is 2.91. The van der Waals surface area contributed by atoms with Gasteiger partial charge in [0.15, 0.2) is 0 Å². The fraction of sp³-hybridized carbons (Fsp3) is 0.857. The first-order valence-electron chi connectivity index (χ1n) is 4.74. The van der Waals surface area contributed by atoms with E-state index in [1.807, 2.05) is 0 Å². The van der Waals surface area contributed by atoms with Gasteiger partial charge in [-0.25, -0.2) is 0 Å². The normalized spacial score (nSPS) is 15.3. The minimum atomic E-state index is -6.92. The molecule has 132 valence electrons. The maximum Gasteiger partial charge on any atom is 0.453 e. The summed E-state index contributed by atoms with van der Waals surface area (Å²) in [4.78, 5) is 27.0. The summed E-state index contributed by atoms with van der Waals surface area (Å²) < 4.78 is 134. The summed E-state index contributed by atoms with van der Waals surface area (Å²) in [6.45, 7) is 0. The van der Waals surface area contributed by atoms with Crippen molar-refractivity contribution in [2.75, 3.05) is 0 Å². The fourth-order valence-corrected chi connectivity index (χ4v) is 1.59. The number of rotatable bonds is 5. The molecule has 4 nitrogen and oxygen atoms in total. The van der Waals surface area contributed by atoms with Gasteiger partial charge in [0.2, 0.25) is 5.52 Å². The molecular weight excluding hydrogens is 369 g/mol. The van der Waals surface area contributed by atoms with Gasteiger partial charge in [-0.15, -0.1) is 0 Å². The van der Waals surface area contributed by atoms with Crippen molar-refractivity contribution < 1.29 is 63.1 Å². The summed E-state index contributed by atoms with van der Waals surface area (Å²) in [7, 11) is -6.09. The summed E-state index contributed by atoms with van der Waals surface area (Å²) in [5.41, 5.74) is -2.91. The van der Waals surface area contributed by atoms with E-state index in [0.717, 1.165) is 0 Å². The van der Waals surface area contributed by atoms with Crippen molar-refractivity contribution in [1.82, 2.24) is 0 Å². The summed E-state index contributed by atoms with van der Waals surface area (Å²) in [6.07, 6.45) is -16.9. The Labute approximate surface area is 114 Å². The molecule has 0 aromatic rings. The molecule has 0 saturated carbocycles. The molecule has 0 aromatic carbocycles. The molecule has 0 unspecified atom stereocenters. The van der Waals surface area contributed by atoms with Gasteiger partial charge in [-0.2, -0.15) is 43.9 Å². The lowest BCUT2D eigenvalue weighted by atomic mass is 9.90. The Morgan fingerprint density at radius 3 is 1.27 bits per heavy atom. The maximum atomic E-state index is 12.9. The first kappa shape index (κ1) is 21.1. The highest BCUT2D eigenvalue weighted by molar-refractivity contribution is 7.70. The zero-order chi connectivity index (χ0) is 18.4. The van der Waals surface area contributed by atoms with E-state index >= 15 is 0 Å². The highest BCUT2D eigenvalue weighted by atomic mass is 31.2. The maximum absolute atomic E-state index is 12.9. The van der Waals surface area contributed by atoms with Gasteiger partial charge in [-0.1, -0.05) is 0 Å². The van der Waals surface area contributed by atoms with Gasteiger partial charge in [0, 0.05) is 6.42 Å². The highest BCUT2D eigenvalue weighted by Crippen LogP contribution is 2.55. The van der Waals surface area contributed by atoms with E-state index in [9.17, 15) is 53.3 Å². The minimum Gasteiger partial charge on any atom is -0.319 e. The molecule has 0 aromatic heterocycles. The number of alkyl halides is 10. The predicted octanol–water partition coefficient (Wildman–Crippen LogP) is 3.09. The summed E-state index contributed by atoms with van der Waals surface area (Å²) in [6, 6.07) is 0. The molecule has 0 radical (unpaired) electrons. The molecule has 0 rings (SSSR count). The van der Waals surface area contributed by atoms with Crippen molar-refractivity contribution in [1.29, 1.82) is 0 Å². The van der Waals surface area contributed by atoms with Crippen LogP contribution in [0.25, 0.3) is 0 Å². The molecule has 0 fully saturated rings. The van der Waals surface area contributed by atoms with Gasteiger partial charge in [0.25, 0.3) is 0 Å². The Kier molecular flexibility index (Phi) is 5.41. The molecule has 0 saturated heterocycles. The van der Waals surface area contributed by atoms with E-state index in [1.165, 1.54) is 0 Å². The number of carbonyl (C=O) groups excluding carboxylic acids is 1. The van der Waals surface area contributed by atoms with Crippen molar-refractivity contribution in [2.45, 2.75) is 30.6 Å². The van der Waals surface area contributed by atoms with Crippen molar-refractivity contribution >= 4 is 13.1 Å². The molecular formula is C7H5F10O4P. The molecule has 0 heterocycles. The van der Waals surface area contributed by atoms with Crippen molar-refractivity contribution in [3.63, 3.8) is 0 Å². The van der Waals surface area contributed by atoms with Crippen LogP contribution in [0.1, 0.15) is 6.42 Å². The molecule has 0 bridgehead atoms. The first-order chi connectivity index (χ1) is 9.26. The lowest BCUT2D eigenvalue weighted by Gasteiger charge is -2.34. The van der Waals surface area contributed by atoms with Gasteiger partial charge >= 0.3 is 31.8 Å². The average molecular weight is 374 g/mol. The third-order valence-electron chi connectivity index (χ3n) is 2.33. The van der Waals surface area contributed by atoms with Gasteiger partial charge in [-0.3, -0.25) is 9.36 Å². The number of hydrogen-bond donors (Lipinski definition) is 2. The predicted molar refractivity (Wildman–Crippen MR) is 47.2 cm³/mol. The second kappa shape index (κ2) is 5.64. The van der Waals surface area contributed by atoms with Crippen LogP contribution in [0.15, 0.2) is 0 Å². The van der Waals surface area contributed by atoms with Crippen molar-refractivity contribution in [2.24, 2.45) is 5.92 Å². The van der Waals surface area contributed by atoms with E-state index in [4.69, 9.17) is 9.79 Å². The zero-order valence-corrected chi connectivity index (χ0v) is 10.6. The summed E-state index contributed by atoms with van der Waals surface area (Å²) in [5.74, 6) is -18.5. The SMILES string of the molecule is O=C(CC(C(F)(F)C(F)(F)F)C(F)(F)C(F)(F)F)P(=O)(O)O. The van der Waals surface area contributed by atoms with Crippen LogP contribution in [-0.4, -0.2) is 39.5 Å². The quantitative estimate of drug-likeness (QED) is 0.573. The van der Waals surface area contributed by atoms with Gasteiger partial charge in [0.1, 0.15) is 5.92 Å². The first-order valence-corrected chi connectivity index (χ1v) is 6.35. The van der Waals surface area contributed by atoms with E-state index < -0.39 is 49.7 Å². The van der Waals surface area contributed by atoms with Crippen LogP contribution in [0.3, 0.4) is 0 Å². The van der Waals surface area contributed by atoms with Gasteiger partial charge in [0.05, 0.1) is 0 Å². The molecule has 2 N–H and O–H groups in total. The van der Waals surface area contributed by atoms with Crippen LogP contribution in [-0.2, 0) is 9.36 Å². The largest absolute Gasteiger partial charge is 0.453 e. The number of carbonyl (C=O) groups is 1. The number of halogens is 10. The highest BCUT2D eigenvalue weighted by Gasteiger charge is 2.76. The lowest BCUT2D eigenvalue weighted by Crippen LogP contribution is -2.57. The van der Waals surface area contributed by atoms with Crippen LogP contribution in [0.5, 0.6) is 0 Å². The Morgan fingerprint density at radius 2 is 1.09 bits per heavy atom. The lowest BCUT2D eigenvalue weighted by molar-refractivity contribution is -0.371. The molecule has 0 spiro atoms. The standard InChI is InChI=1S/C7H5F10O4P/c8-4(9,6(12,13)14)2(1-3(18)22(19,20)21)5(10,11)7(15,16)17/h2H,1H2,(H2,19,20,21). The van der Waals surface area contributed by atoms with Crippen molar-refractivity contribution in [3.05, 3.63) is 0 Å². The van der Waals surface area contributed by atoms with Crippen LogP contribution < -0.4 is 0 Å². The smallest absolute Gasteiger partial charge is 0.319 e. The topological polar surface area (TPSA) is 74.6 Å². The van der Waals surface area contributed by atoms with Crippen LogP contribution in [0.2, 0.25) is 0 Å². The molecule has 0 amide bonds. The molecule has 0 aliphatic carbocycles. The van der Waals surface area contributed by atoms with Crippen LogP contribution in [0.4, 0.5) is 43.9 Å². The Balaban J connectivity index is 6.05. The van der Waals surface area contributed by atoms with Crippen LogP contribution in [0, 0.1) is 5.92 Å². The van der Waals surface area contributed by atoms with E-state index in [0.29, 0.717) is 0 Å².